The van der Waals surface area contributed by atoms with Crippen LogP contribution in [0.1, 0.15) is 21.5 Å². The Bertz CT molecular complexity index is 691. The van der Waals surface area contributed by atoms with E-state index in [1.807, 2.05) is 0 Å². The summed E-state index contributed by atoms with van der Waals surface area (Å²) >= 11 is 11.6. The molecule has 0 aliphatic heterocycles. The van der Waals surface area contributed by atoms with Crippen LogP contribution in [0, 0.1) is 0 Å². The first-order valence-electron chi connectivity index (χ1n) is 5.66. The minimum Gasteiger partial charge on any atom is -0.396 e. The van der Waals surface area contributed by atoms with Crippen molar-refractivity contribution in [3.63, 3.8) is 0 Å². The highest BCUT2D eigenvalue weighted by atomic mass is 35.5. The minimum absolute atomic E-state index is 0.0674. The van der Waals surface area contributed by atoms with Gasteiger partial charge in [-0.2, -0.15) is 13.2 Å². The van der Waals surface area contributed by atoms with E-state index in [0.29, 0.717) is 0 Å². The second-order valence-electron chi connectivity index (χ2n) is 4.26. The number of benzene rings is 2. The van der Waals surface area contributed by atoms with Gasteiger partial charge >= 0.3 is 6.18 Å². The Kier molecular flexibility index (Phi) is 4.16. The second kappa shape index (κ2) is 5.58. The molecule has 2 aromatic rings. The number of carbonyl (C=O) groups is 1. The summed E-state index contributed by atoms with van der Waals surface area (Å²) in [7, 11) is 0. The van der Waals surface area contributed by atoms with Crippen LogP contribution in [-0.4, -0.2) is 5.78 Å². The van der Waals surface area contributed by atoms with Crippen molar-refractivity contribution in [3.05, 3.63) is 63.1 Å². The number of hydrogen-bond acceptors (Lipinski definition) is 2. The van der Waals surface area contributed by atoms with Gasteiger partial charge in [0.15, 0.2) is 5.78 Å². The predicted octanol–water partition coefficient (Wildman–Crippen LogP) is 4.83. The SMILES string of the molecule is Nc1c(Cl)cc(C(=O)c2cccc(C(F)(F)F)c2)cc1Cl. The van der Waals surface area contributed by atoms with Gasteiger partial charge in [-0.05, 0) is 24.3 Å². The molecule has 0 amide bonds. The van der Waals surface area contributed by atoms with Crippen LogP contribution in [0.5, 0.6) is 0 Å². The van der Waals surface area contributed by atoms with Crippen LogP contribution >= 0.6 is 23.2 Å². The Morgan fingerprint density at radius 1 is 1.00 bits per heavy atom. The molecule has 0 aliphatic rings. The van der Waals surface area contributed by atoms with Gasteiger partial charge in [-0.25, -0.2) is 0 Å². The van der Waals surface area contributed by atoms with Gasteiger partial charge in [-0.15, -0.1) is 0 Å². The number of nitrogen functional groups attached to an aromatic ring is 1. The van der Waals surface area contributed by atoms with Crippen molar-refractivity contribution in [3.8, 4) is 0 Å². The van der Waals surface area contributed by atoms with Crippen molar-refractivity contribution in [1.82, 2.24) is 0 Å². The molecule has 0 heterocycles. The first-order chi connectivity index (χ1) is 9.70. The third-order valence-corrected chi connectivity index (χ3v) is 3.42. The van der Waals surface area contributed by atoms with E-state index in [-0.39, 0.29) is 26.9 Å². The van der Waals surface area contributed by atoms with E-state index in [9.17, 15) is 18.0 Å². The lowest BCUT2D eigenvalue weighted by Crippen LogP contribution is -2.08. The fraction of sp³-hybridized carbons (Fsp3) is 0.0714. The fourth-order valence-corrected chi connectivity index (χ4v) is 2.21. The van der Waals surface area contributed by atoms with E-state index in [0.717, 1.165) is 18.2 Å². The summed E-state index contributed by atoms with van der Waals surface area (Å²) < 4.78 is 37.9. The van der Waals surface area contributed by atoms with Gasteiger partial charge in [-0.3, -0.25) is 4.79 Å². The van der Waals surface area contributed by atoms with E-state index >= 15 is 0 Å². The number of carbonyl (C=O) groups excluding carboxylic acids is 1. The van der Waals surface area contributed by atoms with Crippen molar-refractivity contribution < 1.29 is 18.0 Å². The first-order valence-corrected chi connectivity index (χ1v) is 6.42. The molecule has 21 heavy (non-hydrogen) atoms. The Hall–Kier alpha value is -1.72. The van der Waals surface area contributed by atoms with Crippen LogP contribution in [0.4, 0.5) is 18.9 Å². The second-order valence-corrected chi connectivity index (χ2v) is 5.08. The zero-order valence-electron chi connectivity index (χ0n) is 10.3. The van der Waals surface area contributed by atoms with Crippen LogP contribution in [0.2, 0.25) is 10.0 Å². The maximum Gasteiger partial charge on any atom is 0.416 e. The molecule has 2 rings (SSSR count). The molecule has 0 fully saturated rings. The van der Waals surface area contributed by atoms with Crippen LogP contribution < -0.4 is 5.73 Å². The van der Waals surface area contributed by atoms with E-state index < -0.39 is 17.5 Å². The summed E-state index contributed by atoms with van der Waals surface area (Å²) in [6.07, 6.45) is -4.52. The Morgan fingerprint density at radius 2 is 1.57 bits per heavy atom. The van der Waals surface area contributed by atoms with Gasteiger partial charge in [0.25, 0.3) is 0 Å². The molecule has 2 N–H and O–H groups in total. The first kappa shape index (κ1) is 15.7. The van der Waals surface area contributed by atoms with Crippen LogP contribution in [0.25, 0.3) is 0 Å². The molecular weight excluding hydrogens is 326 g/mol. The Morgan fingerprint density at radius 3 is 2.10 bits per heavy atom. The molecule has 2 aromatic carbocycles. The molecule has 110 valence electrons. The lowest BCUT2D eigenvalue weighted by molar-refractivity contribution is -0.137. The Balaban J connectivity index is 2.46. The average Bonchev–Trinajstić information content (AvgIpc) is 2.42. The molecule has 0 saturated carbocycles. The summed E-state index contributed by atoms with van der Waals surface area (Å²) in [4.78, 5) is 12.2. The number of nitrogens with two attached hydrogens (primary N) is 1. The summed E-state index contributed by atoms with van der Waals surface area (Å²) in [5.41, 5.74) is 4.71. The molecule has 0 atom stereocenters. The van der Waals surface area contributed by atoms with Crippen molar-refractivity contribution in [2.45, 2.75) is 6.18 Å². The smallest absolute Gasteiger partial charge is 0.396 e. The largest absolute Gasteiger partial charge is 0.416 e. The summed E-state index contributed by atoms with van der Waals surface area (Å²) in [5, 5.41) is 0.135. The van der Waals surface area contributed by atoms with E-state index in [1.165, 1.54) is 18.2 Å². The zero-order valence-corrected chi connectivity index (χ0v) is 11.9. The van der Waals surface area contributed by atoms with Crippen molar-refractivity contribution >= 4 is 34.7 Å². The lowest BCUT2D eigenvalue weighted by Gasteiger charge is -2.09. The predicted molar refractivity (Wildman–Crippen MR) is 75.8 cm³/mol. The van der Waals surface area contributed by atoms with Gasteiger partial charge < -0.3 is 5.73 Å². The van der Waals surface area contributed by atoms with Gasteiger partial charge in [0, 0.05) is 11.1 Å². The molecule has 0 unspecified atom stereocenters. The molecule has 0 spiro atoms. The van der Waals surface area contributed by atoms with Crippen LogP contribution in [-0.2, 0) is 6.18 Å². The Labute approximate surface area is 128 Å². The van der Waals surface area contributed by atoms with E-state index in [2.05, 4.69) is 0 Å². The molecule has 0 radical (unpaired) electrons. The summed E-state index contributed by atoms with van der Waals surface area (Å²) in [6.45, 7) is 0. The highest BCUT2D eigenvalue weighted by Crippen LogP contribution is 2.32. The number of halogens is 5. The lowest BCUT2D eigenvalue weighted by atomic mass is 10.0. The fourth-order valence-electron chi connectivity index (χ4n) is 1.72. The quantitative estimate of drug-likeness (QED) is 0.632. The van der Waals surface area contributed by atoms with E-state index in [1.54, 1.807) is 0 Å². The van der Waals surface area contributed by atoms with Gasteiger partial charge in [0.2, 0.25) is 0 Å². The third kappa shape index (κ3) is 3.31. The number of rotatable bonds is 2. The number of ketones is 1. The van der Waals surface area contributed by atoms with Gasteiger partial charge in [0.1, 0.15) is 0 Å². The zero-order chi connectivity index (χ0) is 15.8. The average molecular weight is 334 g/mol. The molecule has 7 heteroatoms. The number of anilines is 1. The maximum atomic E-state index is 12.6. The van der Waals surface area contributed by atoms with Gasteiger partial charge in [-0.1, -0.05) is 35.3 Å². The van der Waals surface area contributed by atoms with Gasteiger partial charge in [0.05, 0.1) is 21.3 Å². The summed E-state index contributed by atoms with van der Waals surface area (Å²) in [5.74, 6) is -0.620. The molecule has 0 saturated heterocycles. The number of hydrogen-bond donors (Lipinski definition) is 1. The minimum atomic E-state index is -4.52. The molecule has 2 nitrogen and oxygen atoms in total. The topological polar surface area (TPSA) is 43.1 Å². The van der Waals surface area contributed by atoms with E-state index in [4.69, 9.17) is 28.9 Å². The van der Waals surface area contributed by atoms with Crippen LogP contribution in [0.3, 0.4) is 0 Å². The van der Waals surface area contributed by atoms with Crippen molar-refractivity contribution in [2.24, 2.45) is 0 Å². The highest BCUT2D eigenvalue weighted by Gasteiger charge is 2.31. The molecule has 0 aliphatic carbocycles. The van der Waals surface area contributed by atoms with Crippen molar-refractivity contribution in [2.75, 3.05) is 5.73 Å². The molecule has 0 aromatic heterocycles. The highest BCUT2D eigenvalue weighted by molar-refractivity contribution is 6.39. The standard InChI is InChI=1S/C14H8Cl2F3NO/c15-10-5-8(6-11(16)12(10)20)13(21)7-2-1-3-9(4-7)14(17,18)19/h1-6H,20H2. The molecule has 0 bridgehead atoms. The third-order valence-electron chi connectivity index (χ3n) is 2.79. The maximum absolute atomic E-state index is 12.6. The van der Waals surface area contributed by atoms with Crippen molar-refractivity contribution in [1.29, 1.82) is 0 Å². The number of alkyl halides is 3. The van der Waals surface area contributed by atoms with Crippen LogP contribution in [0.15, 0.2) is 36.4 Å². The monoisotopic (exact) mass is 333 g/mol. The molecular formula is C14H8Cl2F3NO. The normalized spacial score (nSPS) is 11.5. The summed E-state index contributed by atoms with van der Waals surface area (Å²) in [6, 6.07) is 6.66.